The SMILES string of the molecule is CC(=O)O[C@H]1[C@H](OC2O[C@H]([C@H](C)N(Cc3ccccc3)C(=O)OCc3ccccc3)CC[C@H]2N=[N+]=[N-])[C@@H](NC(=O)OCc2ccccc2)[C@H](O)[C@@H](NC(=O)OCc2ccccc2)[C@@H]1OC(C)=O. The fourth-order valence-corrected chi connectivity index (χ4v) is 7.94. The Balaban J connectivity index is 1.32. The monoisotopic (exact) mass is 922 g/mol. The number of aliphatic hydroxyl groups is 1. The first kappa shape index (κ1) is 49.3. The number of rotatable bonds is 17. The van der Waals surface area contributed by atoms with E-state index in [0.717, 1.165) is 25.0 Å². The van der Waals surface area contributed by atoms with Crippen molar-refractivity contribution >= 4 is 30.2 Å². The summed E-state index contributed by atoms with van der Waals surface area (Å²) in [5.41, 5.74) is 12.6. The molecule has 3 N–H and O–H groups in total. The molecule has 2 fully saturated rings. The van der Waals surface area contributed by atoms with Gasteiger partial charge in [0.2, 0.25) is 0 Å². The zero-order valence-corrected chi connectivity index (χ0v) is 37.2. The third-order valence-electron chi connectivity index (χ3n) is 11.2. The van der Waals surface area contributed by atoms with Crippen molar-refractivity contribution in [2.24, 2.45) is 5.11 Å². The van der Waals surface area contributed by atoms with E-state index in [4.69, 9.17) is 33.2 Å². The van der Waals surface area contributed by atoms with E-state index >= 15 is 0 Å². The Labute approximate surface area is 387 Å². The largest absolute Gasteiger partial charge is 0.456 e. The minimum absolute atomic E-state index is 0.00170. The van der Waals surface area contributed by atoms with Crippen LogP contribution in [0.15, 0.2) is 126 Å². The van der Waals surface area contributed by atoms with E-state index in [1.165, 1.54) is 4.90 Å². The van der Waals surface area contributed by atoms with E-state index in [2.05, 4.69) is 20.7 Å². The van der Waals surface area contributed by atoms with Gasteiger partial charge >= 0.3 is 30.2 Å². The number of ether oxygens (including phenoxy) is 7. The van der Waals surface area contributed by atoms with Gasteiger partial charge < -0.3 is 48.9 Å². The molecule has 0 spiro atoms. The average molecular weight is 923 g/mol. The molecule has 2 aliphatic rings. The summed E-state index contributed by atoms with van der Waals surface area (Å²) in [6, 6.07) is 31.0. The maximum absolute atomic E-state index is 13.9. The van der Waals surface area contributed by atoms with Crippen molar-refractivity contribution in [3.8, 4) is 0 Å². The van der Waals surface area contributed by atoms with Gasteiger partial charge in [-0.1, -0.05) is 126 Å². The predicted molar refractivity (Wildman–Crippen MR) is 238 cm³/mol. The lowest BCUT2D eigenvalue weighted by Gasteiger charge is -2.49. The van der Waals surface area contributed by atoms with Gasteiger partial charge in [-0.2, -0.15) is 0 Å². The molecule has 1 unspecified atom stereocenters. The molecule has 1 saturated heterocycles. The second-order valence-corrected chi connectivity index (χ2v) is 16.0. The third kappa shape index (κ3) is 14.2. The lowest BCUT2D eigenvalue weighted by atomic mass is 9.80. The van der Waals surface area contributed by atoms with Crippen molar-refractivity contribution in [2.75, 3.05) is 0 Å². The molecule has 67 heavy (non-hydrogen) atoms. The number of carbonyl (C=O) groups is 5. The number of esters is 2. The molecular weight excluding hydrogens is 869 g/mol. The Hall–Kier alpha value is -7.18. The summed E-state index contributed by atoms with van der Waals surface area (Å²) in [5.74, 6) is -1.78. The molecule has 1 aliphatic carbocycles. The highest BCUT2D eigenvalue weighted by Gasteiger charge is 2.57. The molecule has 19 heteroatoms. The number of nitrogens with one attached hydrogen (secondary N) is 2. The fraction of sp³-hybridized carbons (Fsp3) is 0.396. The van der Waals surface area contributed by atoms with Gasteiger partial charge in [-0.15, -0.1) is 0 Å². The van der Waals surface area contributed by atoms with E-state index in [-0.39, 0.29) is 39.2 Å². The van der Waals surface area contributed by atoms with Crippen LogP contribution in [0.2, 0.25) is 0 Å². The Bertz CT molecular complexity index is 2290. The van der Waals surface area contributed by atoms with Gasteiger partial charge in [-0.05, 0) is 47.6 Å². The molecule has 4 aromatic carbocycles. The normalized spacial score (nSPS) is 23.7. The summed E-state index contributed by atoms with van der Waals surface area (Å²) < 4.78 is 41.4. The number of hydrogen-bond acceptors (Lipinski definition) is 14. The van der Waals surface area contributed by atoms with Crippen molar-refractivity contribution < 1.29 is 62.2 Å². The topological polar surface area (TPSA) is 246 Å². The lowest BCUT2D eigenvalue weighted by molar-refractivity contribution is -0.273. The van der Waals surface area contributed by atoms with Crippen LogP contribution in [0.25, 0.3) is 10.4 Å². The van der Waals surface area contributed by atoms with Gasteiger partial charge in [0, 0.05) is 25.3 Å². The number of nitrogens with zero attached hydrogens (tertiary/aromatic N) is 4. The number of azide groups is 1. The number of alkyl carbamates (subject to hydrolysis) is 2. The minimum Gasteiger partial charge on any atom is -0.456 e. The molecule has 0 bridgehead atoms. The van der Waals surface area contributed by atoms with Gasteiger partial charge in [0.1, 0.15) is 38.1 Å². The average Bonchev–Trinajstić information content (AvgIpc) is 3.33. The summed E-state index contributed by atoms with van der Waals surface area (Å²) in [6.07, 6.45) is -11.5. The summed E-state index contributed by atoms with van der Waals surface area (Å²) in [6.45, 7) is 3.70. The highest BCUT2D eigenvalue weighted by molar-refractivity contribution is 5.71. The zero-order chi connectivity index (χ0) is 47.7. The second kappa shape index (κ2) is 24.4. The van der Waals surface area contributed by atoms with E-state index in [9.17, 15) is 34.6 Å². The number of carbonyl (C=O) groups excluding carboxylic acids is 5. The summed E-state index contributed by atoms with van der Waals surface area (Å²) in [5, 5.41) is 21.3. The Kier molecular flexibility index (Phi) is 17.9. The minimum atomic E-state index is -1.87. The van der Waals surface area contributed by atoms with Crippen LogP contribution in [0.5, 0.6) is 0 Å². The van der Waals surface area contributed by atoms with Crippen LogP contribution in [-0.2, 0) is 69.1 Å². The number of aliphatic hydroxyl groups excluding tert-OH is 1. The fourth-order valence-electron chi connectivity index (χ4n) is 7.94. The summed E-state index contributed by atoms with van der Waals surface area (Å²) >= 11 is 0. The lowest BCUT2D eigenvalue weighted by Crippen LogP contribution is -2.74. The standard InChI is InChI=1S/C48H54N6O13/c1-30(54(26-33-16-8-4-9-17-33)48(60)63-29-36-22-14-7-15-23-36)38-25-24-37(52-53-49)45(66-38)67-43-40(51-47(59)62-28-35-20-12-6-13-21-35)41(57)39(42(64-31(2)55)44(43)65-32(3)56)50-46(58)61-27-34-18-10-5-11-19-34/h4-23,30,37-45,57H,24-29H2,1-3H3,(H,50,58)(H,51,59)/t30-,37+,38-,39+,40-,41+,42-,43+,44+,45?/m0/s1. The quantitative estimate of drug-likeness (QED) is 0.0332. The first-order valence-electron chi connectivity index (χ1n) is 21.7. The molecule has 0 aromatic heterocycles. The first-order valence-corrected chi connectivity index (χ1v) is 21.7. The number of hydrogen-bond donors (Lipinski definition) is 3. The molecular formula is C48H54N6O13. The van der Waals surface area contributed by atoms with E-state index in [1.54, 1.807) is 67.6 Å². The van der Waals surface area contributed by atoms with Crippen molar-refractivity contribution in [1.82, 2.24) is 15.5 Å². The molecule has 354 valence electrons. The van der Waals surface area contributed by atoms with E-state index < -0.39 is 91.2 Å². The first-order chi connectivity index (χ1) is 32.4. The smallest absolute Gasteiger partial charge is 0.410 e. The molecule has 1 aliphatic heterocycles. The Morgan fingerprint density at radius 3 is 1.61 bits per heavy atom. The summed E-state index contributed by atoms with van der Waals surface area (Å²) in [7, 11) is 0. The maximum atomic E-state index is 13.9. The Morgan fingerprint density at radius 2 is 1.13 bits per heavy atom. The molecule has 1 heterocycles. The van der Waals surface area contributed by atoms with Crippen LogP contribution >= 0.6 is 0 Å². The van der Waals surface area contributed by atoms with Crippen molar-refractivity contribution in [3.05, 3.63) is 154 Å². The third-order valence-corrected chi connectivity index (χ3v) is 11.2. The molecule has 10 atom stereocenters. The maximum Gasteiger partial charge on any atom is 0.410 e. The van der Waals surface area contributed by atoms with E-state index in [0.29, 0.717) is 11.1 Å². The van der Waals surface area contributed by atoms with Crippen LogP contribution in [0, 0.1) is 0 Å². The molecule has 6 rings (SSSR count). The van der Waals surface area contributed by atoms with Crippen LogP contribution in [0.4, 0.5) is 14.4 Å². The van der Waals surface area contributed by atoms with Gasteiger partial charge in [0.25, 0.3) is 0 Å². The predicted octanol–water partition coefficient (Wildman–Crippen LogP) is 6.61. The molecule has 1 saturated carbocycles. The molecule has 0 radical (unpaired) electrons. The van der Waals surface area contributed by atoms with Gasteiger partial charge in [-0.25, -0.2) is 14.4 Å². The van der Waals surface area contributed by atoms with Crippen LogP contribution in [-0.4, -0.2) is 101 Å². The Morgan fingerprint density at radius 1 is 0.687 bits per heavy atom. The van der Waals surface area contributed by atoms with Gasteiger partial charge in [0.05, 0.1) is 24.2 Å². The highest BCUT2D eigenvalue weighted by atomic mass is 16.7. The van der Waals surface area contributed by atoms with Gasteiger partial charge in [0.15, 0.2) is 18.5 Å². The molecule has 3 amide bonds. The highest BCUT2D eigenvalue weighted by Crippen LogP contribution is 2.35. The second-order valence-electron chi connectivity index (χ2n) is 16.0. The molecule has 4 aromatic rings. The molecule has 19 nitrogen and oxygen atoms in total. The van der Waals surface area contributed by atoms with Crippen molar-refractivity contribution in [3.63, 3.8) is 0 Å². The summed E-state index contributed by atoms with van der Waals surface area (Å²) in [4.78, 5) is 71.2. The van der Waals surface area contributed by atoms with Crippen LogP contribution in [0.1, 0.15) is 55.9 Å². The number of benzene rings is 4. The van der Waals surface area contributed by atoms with Crippen molar-refractivity contribution in [1.29, 1.82) is 0 Å². The van der Waals surface area contributed by atoms with Crippen LogP contribution < -0.4 is 10.6 Å². The van der Waals surface area contributed by atoms with Crippen LogP contribution in [0.3, 0.4) is 0 Å². The zero-order valence-electron chi connectivity index (χ0n) is 37.2. The van der Waals surface area contributed by atoms with E-state index in [1.807, 2.05) is 60.7 Å². The van der Waals surface area contributed by atoms with Gasteiger partial charge in [-0.3, -0.25) is 14.5 Å². The number of amides is 3. The van der Waals surface area contributed by atoms with Crippen molar-refractivity contribution in [2.45, 2.75) is 121 Å².